The number of nitrogens with zero attached hydrogens (tertiary/aromatic N) is 1. The van der Waals surface area contributed by atoms with E-state index in [1.807, 2.05) is 18.2 Å². The fourth-order valence-electron chi connectivity index (χ4n) is 3.30. The van der Waals surface area contributed by atoms with Gasteiger partial charge in [0.05, 0.1) is 12.2 Å². The summed E-state index contributed by atoms with van der Waals surface area (Å²) in [5.41, 5.74) is 4.42. The number of ketones is 1. The van der Waals surface area contributed by atoms with Gasteiger partial charge in [-0.1, -0.05) is 24.3 Å². The van der Waals surface area contributed by atoms with E-state index in [9.17, 15) is 4.79 Å². The van der Waals surface area contributed by atoms with Crippen molar-refractivity contribution in [2.75, 3.05) is 31.6 Å². The summed E-state index contributed by atoms with van der Waals surface area (Å²) in [4.78, 5) is 14.8. The van der Waals surface area contributed by atoms with Crippen LogP contribution in [0.2, 0.25) is 0 Å². The molecule has 2 heterocycles. The smallest absolute Gasteiger partial charge is 0.176 e. The minimum absolute atomic E-state index is 0.166. The average Bonchev–Trinajstić information content (AvgIpc) is 2.61. The largest absolute Gasteiger partial charge is 0.490 e. The molecule has 0 radical (unpaired) electrons. The number of hydrogen-bond donors (Lipinski definition) is 1. The highest BCUT2D eigenvalue weighted by molar-refractivity contribution is 5.98. The number of Topliss-reactive ketones (excluding diaryl/α,β-unsaturated/α-hetero) is 1. The van der Waals surface area contributed by atoms with Crippen molar-refractivity contribution in [2.24, 2.45) is 0 Å². The van der Waals surface area contributed by atoms with Crippen molar-refractivity contribution in [3.05, 3.63) is 59.2 Å². The fraction of sp³-hybridized carbons (Fsp3) is 0.316. The molecule has 4 heteroatoms. The van der Waals surface area contributed by atoms with Crippen molar-refractivity contribution >= 4 is 11.5 Å². The molecule has 118 valence electrons. The van der Waals surface area contributed by atoms with Crippen LogP contribution >= 0.6 is 0 Å². The van der Waals surface area contributed by atoms with Gasteiger partial charge in [0.25, 0.3) is 0 Å². The van der Waals surface area contributed by atoms with E-state index < -0.39 is 0 Å². The van der Waals surface area contributed by atoms with Crippen LogP contribution in [-0.4, -0.2) is 36.9 Å². The van der Waals surface area contributed by atoms with Crippen molar-refractivity contribution in [1.82, 2.24) is 4.90 Å². The third-order valence-corrected chi connectivity index (χ3v) is 4.55. The second kappa shape index (κ2) is 6.05. The molecule has 2 aliphatic rings. The van der Waals surface area contributed by atoms with Crippen LogP contribution in [0.1, 0.15) is 21.5 Å². The monoisotopic (exact) mass is 308 g/mol. The number of nitrogens with one attached hydrogen (secondary N) is 1. The molecule has 2 aliphatic heterocycles. The third kappa shape index (κ3) is 2.94. The van der Waals surface area contributed by atoms with Crippen molar-refractivity contribution in [3.8, 4) is 5.75 Å². The van der Waals surface area contributed by atoms with Crippen LogP contribution in [0.25, 0.3) is 0 Å². The number of rotatable bonds is 3. The van der Waals surface area contributed by atoms with E-state index in [4.69, 9.17) is 4.74 Å². The molecule has 1 N–H and O–H groups in total. The molecule has 0 aliphatic carbocycles. The van der Waals surface area contributed by atoms with Crippen molar-refractivity contribution in [1.29, 1.82) is 0 Å². The van der Waals surface area contributed by atoms with Gasteiger partial charge in [0.15, 0.2) is 5.78 Å². The predicted molar refractivity (Wildman–Crippen MR) is 90.2 cm³/mol. The van der Waals surface area contributed by atoms with Crippen molar-refractivity contribution in [3.63, 3.8) is 0 Å². The van der Waals surface area contributed by atoms with Gasteiger partial charge in [-0.25, -0.2) is 0 Å². The van der Waals surface area contributed by atoms with Crippen LogP contribution in [0.15, 0.2) is 42.5 Å². The molecule has 0 atom stereocenters. The molecule has 0 unspecified atom stereocenters. The Hall–Kier alpha value is -2.33. The molecular weight excluding hydrogens is 288 g/mol. The summed E-state index contributed by atoms with van der Waals surface area (Å²) in [6.45, 7) is 3.72. The number of fused-ring (bicyclic) bond motifs is 2. The number of ether oxygens (including phenoxy) is 1. The molecule has 0 bridgehead atoms. The zero-order valence-electron chi connectivity index (χ0n) is 13.0. The van der Waals surface area contributed by atoms with Crippen LogP contribution in [0, 0.1) is 0 Å². The Morgan fingerprint density at radius 2 is 2.04 bits per heavy atom. The highest BCUT2D eigenvalue weighted by Gasteiger charge is 2.20. The normalized spacial score (nSPS) is 16.7. The summed E-state index contributed by atoms with van der Waals surface area (Å²) >= 11 is 0. The standard InChI is InChI=1S/C19H20N2O2/c22-18(15-5-6-19-17(11-15)20-8-10-23-19)13-21-9-7-14-3-1-2-4-16(14)12-21/h1-6,11,20H,7-10,12-13H2. The first-order valence-electron chi connectivity index (χ1n) is 8.13. The lowest BCUT2D eigenvalue weighted by atomic mass is 9.99. The molecule has 4 rings (SSSR count). The Bertz CT molecular complexity index is 742. The summed E-state index contributed by atoms with van der Waals surface area (Å²) in [5, 5.41) is 3.28. The van der Waals surface area contributed by atoms with Gasteiger partial charge in [-0.3, -0.25) is 9.69 Å². The minimum atomic E-state index is 0.166. The van der Waals surface area contributed by atoms with Gasteiger partial charge >= 0.3 is 0 Å². The van der Waals surface area contributed by atoms with Gasteiger partial charge in [0.1, 0.15) is 12.4 Å². The minimum Gasteiger partial charge on any atom is -0.490 e. The molecule has 0 fully saturated rings. The van der Waals surface area contributed by atoms with Gasteiger partial charge in [-0.15, -0.1) is 0 Å². The van der Waals surface area contributed by atoms with E-state index in [2.05, 4.69) is 34.5 Å². The lowest BCUT2D eigenvalue weighted by Crippen LogP contribution is -2.34. The van der Waals surface area contributed by atoms with Crippen LogP contribution in [0.5, 0.6) is 5.75 Å². The summed E-state index contributed by atoms with van der Waals surface area (Å²) in [5.74, 6) is 0.999. The molecule has 4 nitrogen and oxygen atoms in total. The zero-order chi connectivity index (χ0) is 15.6. The highest BCUT2D eigenvalue weighted by atomic mass is 16.5. The first kappa shape index (κ1) is 14.3. The molecule has 0 aromatic heterocycles. The molecule has 0 spiro atoms. The Balaban J connectivity index is 1.46. The average molecular weight is 308 g/mol. The molecule has 2 aromatic carbocycles. The quantitative estimate of drug-likeness (QED) is 0.885. The molecule has 0 saturated heterocycles. The van der Waals surface area contributed by atoms with E-state index in [1.54, 1.807) is 0 Å². The number of hydrogen-bond acceptors (Lipinski definition) is 4. The summed E-state index contributed by atoms with van der Waals surface area (Å²) in [6.07, 6.45) is 1.02. The number of anilines is 1. The second-order valence-corrected chi connectivity index (χ2v) is 6.14. The zero-order valence-corrected chi connectivity index (χ0v) is 13.0. The molecule has 2 aromatic rings. The Morgan fingerprint density at radius 3 is 2.96 bits per heavy atom. The van der Waals surface area contributed by atoms with Gasteiger partial charge in [-0.2, -0.15) is 0 Å². The van der Waals surface area contributed by atoms with Gasteiger partial charge in [-0.05, 0) is 35.7 Å². The predicted octanol–water partition coefficient (Wildman–Crippen LogP) is 2.73. The number of carbonyl (C=O) groups excluding carboxylic acids is 1. The Morgan fingerprint density at radius 1 is 1.17 bits per heavy atom. The highest BCUT2D eigenvalue weighted by Crippen LogP contribution is 2.28. The summed E-state index contributed by atoms with van der Waals surface area (Å²) in [6, 6.07) is 14.2. The first-order valence-corrected chi connectivity index (χ1v) is 8.13. The van der Waals surface area contributed by atoms with E-state index in [1.165, 1.54) is 11.1 Å². The van der Waals surface area contributed by atoms with Gasteiger partial charge in [0, 0.05) is 25.2 Å². The molecule has 0 saturated carbocycles. The van der Waals surface area contributed by atoms with E-state index in [0.717, 1.165) is 43.1 Å². The first-order chi connectivity index (χ1) is 11.3. The Labute approximate surface area is 136 Å². The van der Waals surface area contributed by atoms with Crippen LogP contribution in [0.3, 0.4) is 0 Å². The lowest BCUT2D eigenvalue weighted by Gasteiger charge is -2.28. The molecule has 23 heavy (non-hydrogen) atoms. The maximum atomic E-state index is 12.6. The van der Waals surface area contributed by atoms with E-state index in [0.29, 0.717) is 13.2 Å². The second-order valence-electron chi connectivity index (χ2n) is 6.14. The third-order valence-electron chi connectivity index (χ3n) is 4.55. The molecule has 0 amide bonds. The fourth-order valence-corrected chi connectivity index (χ4v) is 3.30. The number of benzene rings is 2. The summed E-state index contributed by atoms with van der Waals surface area (Å²) in [7, 11) is 0. The van der Waals surface area contributed by atoms with Gasteiger partial charge in [0.2, 0.25) is 0 Å². The van der Waals surface area contributed by atoms with Crippen LogP contribution < -0.4 is 10.1 Å². The van der Waals surface area contributed by atoms with Crippen molar-refractivity contribution in [2.45, 2.75) is 13.0 Å². The topological polar surface area (TPSA) is 41.6 Å². The maximum Gasteiger partial charge on any atom is 0.176 e. The van der Waals surface area contributed by atoms with E-state index in [-0.39, 0.29) is 5.78 Å². The van der Waals surface area contributed by atoms with Crippen LogP contribution in [0.4, 0.5) is 5.69 Å². The SMILES string of the molecule is O=C(CN1CCc2ccccc2C1)c1ccc2c(c1)NCCO2. The maximum absolute atomic E-state index is 12.6. The Kier molecular flexibility index (Phi) is 3.75. The number of carbonyl (C=O) groups is 1. The van der Waals surface area contributed by atoms with Gasteiger partial charge < -0.3 is 10.1 Å². The lowest BCUT2D eigenvalue weighted by molar-refractivity contribution is 0.0921. The summed E-state index contributed by atoms with van der Waals surface area (Å²) < 4.78 is 5.56. The van der Waals surface area contributed by atoms with Crippen molar-refractivity contribution < 1.29 is 9.53 Å². The van der Waals surface area contributed by atoms with E-state index >= 15 is 0 Å². The van der Waals surface area contributed by atoms with Crippen LogP contribution in [-0.2, 0) is 13.0 Å². The molecular formula is C19H20N2O2.